The van der Waals surface area contributed by atoms with Gasteiger partial charge in [-0.2, -0.15) is 0 Å². The molecule has 0 N–H and O–H groups in total. The van der Waals surface area contributed by atoms with Crippen LogP contribution in [0.4, 0.5) is 0 Å². The number of unbranched alkanes of at least 4 members (excludes halogenated alkanes) is 3. The SMILES string of the molecule is CCCCO[Si](C)(C)CCCC[Si](C)(C)OCCCC. The summed E-state index contributed by atoms with van der Waals surface area (Å²) in [5.41, 5.74) is 0. The molecule has 0 aliphatic carbocycles. The molecule has 0 saturated heterocycles. The van der Waals surface area contributed by atoms with E-state index in [2.05, 4.69) is 40.0 Å². The van der Waals surface area contributed by atoms with Crippen molar-refractivity contribution in [3.8, 4) is 0 Å². The summed E-state index contributed by atoms with van der Waals surface area (Å²) in [5.74, 6) is 0. The van der Waals surface area contributed by atoms with E-state index < -0.39 is 16.6 Å². The predicted octanol–water partition coefficient (Wildman–Crippen LogP) is 5.81. The van der Waals surface area contributed by atoms with E-state index in [1.807, 2.05) is 0 Å². The zero-order valence-corrected chi connectivity index (χ0v) is 16.9. The Morgan fingerprint density at radius 3 is 1.25 bits per heavy atom. The Hall–Kier alpha value is 0.354. The molecule has 0 rings (SSSR count). The van der Waals surface area contributed by atoms with Crippen molar-refractivity contribution in [3.63, 3.8) is 0 Å². The van der Waals surface area contributed by atoms with Crippen LogP contribution in [0.5, 0.6) is 0 Å². The van der Waals surface area contributed by atoms with Crippen LogP contribution in [0.1, 0.15) is 52.4 Å². The lowest BCUT2D eigenvalue weighted by Crippen LogP contribution is -2.32. The highest BCUT2D eigenvalue weighted by Gasteiger charge is 2.24. The van der Waals surface area contributed by atoms with Crippen LogP contribution in [0.2, 0.25) is 38.3 Å². The summed E-state index contributed by atoms with van der Waals surface area (Å²) in [6.45, 7) is 15.8. The first-order chi connectivity index (χ1) is 9.33. The molecule has 122 valence electrons. The summed E-state index contributed by atoms with van der Waals surface area (Å²) in [4.78, 5) is 0. The molecular formula is C16H38O2Si2. The largest absolute Gasteiger partial charge is 0.417 e. The molecule has 0 radical (unpaired) electrons. The zero-order chi connectivity index (χ0) is 15.5. The van der Waals surface area contributed by atoms with Crippen molar-refractivity contribution in [2.75, 3.05) is 13.2 Å². The Labute approximate surface area is 129 Å². The van der Waals surface area contributed by atoms with Gasteiger partial charge >= 0.3 is 0 Å². The monoisotopic (exact) mass is 318 g/mol. The molecular weight excluding hydrogens is 280 g/mol. The average Bonchev–Trinajstić information content (AvgIpc) is 2.35. The molecule has 4 heteroatoms. The highest BCUT2D eigenvalue weighted by atomic mass is 28.4. The van der Waals surface area contributed by atoms with E-state index in [1.54, 1.807) is 0 Å². The highest BCUT2D eigenvalue weighted by Crippen LogP contribution is 2.21. The summed E-state index contributed by atoms with van der Waals surface area (Å²) in [5, 5.41) is 0. The van der Waals surface area contributed by atoms with Gasteiger partial charge in [0.15, 0.2) is 16.6 Å². The standard InChI is InChI=1S/C16H38O2Si2/c1-7-9-13-17-19(3,4)15-11-12-16-20(5,6)18-14-10-8-2/h7-16H2,1-6H3. The van der Waals surface area contributed by atoms with E-state index in [0.29, 0.717) is 0 Å². The van der Waals surface area contributed by atoms with Crippen LogP contribution in [0.25, 0.3) is 0 Å². The average molecular weight is 319 g/mol. The highest BCUT2D eigenvalue weighted by molar-refractivity contribution is 6.71. The molecule has 0 aliphatic heterocycles. The summed E-state index contributed by atoms with van der Waals surface area (Å²) in [6.07, 6.45) is 7.53. The van der Waals surface area contributed by atoms with Crippen molar-refractivity contribution in [2.45, 2.75) is 90.6 Å². The Kier molecular flexibility index (Phi) is 11.2. The van der Waals surface area contributed by atoms with Crippen molar-refractivity contribution in [3.05, 3.63) is 0 Å². The van der Waals surface area contributed by atoms with Gasteiger partial charge in [0.25, 0.3) is 0 Å². The quantitative estimate of drug-likeness (QED) is 0.315. The van der Waals surface area contributed by atoms with Crippen molar-refractivity contribution in [1.29, 1.82) is 0 Å². The summed E-state index contributed by atoms with van der Waals surface area (Å²) in [7, 11) is -2.79. The molecule has 0 atom stereocenters. The van der Waals surface area contributed by atoms with Crippen molar-refractivity contribution in [2.24, 2.45) is 0 Å². The minimum Gasteiger partial charge on any atom is -0.417 e. The molecule has 0 unspecified atom stereocenters. The molecule has 20 heavy (non-hydrogen) atoms. The van der Waals surface area contributed by atoms with E-state index in [1.165, 1.54) is 50.6 Å². The Morgan fingerprint density at radius 1 is 0.600 bits per heavy atom. The smallest absolute Gasteiger partial charge is 0.186 e. The molecule has 0 aromatic rings. The van der Waals surface area contributed by atoms with Crippen LogP contribution in [-0.4, -0.2) is 29.8 Å². The third-order valence-corrected chi connectivity index (χ3v) is 8.88. The van der Waals surface area contributed by atoms with Crippen molar-refractivity contribution >= 4 is 16.6 Å². The molecule has 0 fully saturated rings. The minimum absolute atomic E-state index is 0.968. The first-order valence-corrected chi connectivity index (χ1v) is 14.8. The fourth-order valence-electron chi connectivity index (χ4n) is 2.23. The van der Waals surface area contributed by atoms with Crippen molar-refractivity contribution < 1.29 is 8.85 Å². The lowest BCUT2D eigenvalue weighted by Gasteiger charge is -2.25. The second-order valence-corrected chi connectivity index (χ2v) is 15.7. The number of hydrogen-bond acceptors (Lipinski definition) is 2. The maximum absolute atomic E-state index is 6.10. The molecule has 0 aliphatic rings. The van der Waals surface area contributed by atoms with Gasteiger partial charge in [-0.1, -0.05) is 39.5 Å². The Balaban J connectivity index is 3.71. The third-order valence-electron chi connectivity index (χ3n) is 3.79. The Bertz CT molecular complexity index is 207. The second kappa shape index (κ2) is 11.0. The normalized spacial score (nSPS) is 12.9. The summed E-state index contributed by atoms with van der Waals surface area (Å²) in [6, 6.07) is 2.60. The fraction of sp³-hybridized carbons (Fsp3) is 1.00. The molecule has 0 amide bonds. The molecule has 0 aromatic heterocycles. The second-order valence-electron chi connectivity index (χ2n) is 7.13. The molecule has 0 saturated carbocycles. The van der Waals surface area contributed by atoms with E-state index in [4.69, 9.17) is 8.85 Å². The van der Waals surface area contributed by atoms with Crippen LogP contribution in [0, 0.1) is 0 Å². The van der Waals surface area contributed by atoms with Crippen molar-refractivity contribution in [1.82, 2.24) is 0 Å². The maximum atomic E-state index is 6.10. The zero-order valence-electron chi connectivity index (χ0n) is 14.9. The van der Waals surface area contributed by atoms with Crippen LogP contribution in [0.15, 0.2) is 0 Å². The fourth-order valence-corrected chi connectivity index (χ4v) is 6.12. The summed E-state index contributed by atoms with van der Waals surface area (Å²) < 4.78 is 12.2. The van der Waals surface area contributed by atoms with Gasteiger partial charge in [0.2, 0.25) is 0 Å². The molecule has 0 spiro atoms. The summed E-state index contributed by atoms with van der Waals surface area (Å²) >= 11 is 0. The minimum atomic E-state index is -1.39. The predicted molar refractivity (Wildman–Crippen MR) is 95.5 cm³/mol. The molecule has 2 nitrogen and oxygen atoms in total. The molecule has 0 heterocycles. The van der Waals surface area contributed by atoms with E-state index in [0.717, 1.165) is 13.2 Å². The number of hydrogen-bond donors (Lipinski definition) is 0. The number of rotatable bonds is 13. The van der Waals surface area contributed by atoms with Gasteiger partial charge in [0, 0.05) is 13.2 Å². The van der Waals surface area contributed by atoms with Crippen LogP contribution in [-0.2, 0) is 8.85 Å². The van der Waals surface area contributed by atoms with Crippen LogP contribution in [0.3, 0.4) is 0 Å². The van der Waals surface area contributed by atoms with E-state index >= 15 is 0 Å². The van der Waals surface area contributed by atoms with Crippen LogP contribution >= 0.6 is 0 Å². The lowest BCUT2D eigenvalue weighted by molar-refractivity contribution is 0.294. The van der Waals surface area contributed by atoms with Gasteiger partial charge in [0.1, 0.15) is 0 Å². The van der Waals surface area contributed by atoms with Gasteiger partial charge < -0.3 is 8.85 Å². The van der Waals surface area contributed by atoms with Gasteiger partial charge in [-0.25, -0.2) is 0 Å². The van der Waals surface area contributed by atoms with Gasteiger partial charge in [-0.05, 0) is 51.1 Å². The van der Waals surface area contributed by atoms with E-state index in [-0.39, 0.29) is 0 Å². The first-order valence-electron chi connectivity index (χ1n) is 8.61. The van der Waals surface area contributed by atoms with E-state index in [9.17, 15) is 0 Å². The molecule has 0 bridgehead atoms. The third kappa shape index (κ3) is 12.1. The van der Waals surface area contributed by atoms with Gasteiger partial charge in [0.05, 0.1) is 0 Å². The lowest BCUT2D eigenvalue weighted by atomic mass is 10.4. The van der Waals surface area contributed by atoms with Gasteiger partial charge in [-0.15, -0.1) is 0 Å². The first kappa shape index (κ1) is 20.4. The Morgan fingerprint density at radius 2 is 0.950 bits per heavy atom. The molecule has 0 aromatic carbocycles. The topological polar surface area (TPSA) is 18.5 Å². The van der Waals surface area contributed by atoms with Gasteiger partial charge in [-0.3, -0.25) is 0 Å². The maximum Gasteiger partial charge on any atom is 0.186 e. The van der Waals surface area contributed by atoms with Crippen LogP contribution < -0.4 is 0 Å².